The summed E-state index contributed by atoms with van der Waals surface area (Å²) in [6.07, 6.45) is 0. The van der Waals surface area contributed by atoms with Crippen LogP contribution in [0.2, 0.25) is 0 Å². The van der Waals surface area contributed by atoms with E-state index in [1.165, 1.54) is 16.3 Å². The zero-order valence-electron chi connectivity index (χ0n) is 15.0. The summed E-state index contributed by atoms with van der Waals surface area (Å²) in [4.78, 5) is 12.9. The summed E-state index contributed by atoms with van der Waals surface area (Å²) in [5.41, 5.74) is 2.37. The Bertz CT molecular complexity index is 906. The van der Waals surface area contributed by atoms with E-state index in [0.29, 0.717) is 0 Å². The van der Waals surface area contributed by atoms with Gasteiger partial charge in [0.1, 0.15) is 0 Å². The standard InChI is InChI=1S/C23H24N2O/c1-16(17-7-3-2-4-8-17)25-23(26)22-15-24-14-21(22)20-12-11-18-9-5-6-10-19(18)13-20/h2-13,16,21-22,24H,14-15H2,1H3,(H,25,26)/t16-,21-,22+/m0/s1. The van der Waals surface area contributed by atoms with Gasteiger partial charge in [0, 0.05) is 19.0 Å². The van der Waals surface area contributed by atoms with Crippen molar-refractivity contribution < 1.29 is 4.79 Å². The molecule has 0 radical (unpaired) electrons. The van der Waals surface area contributed by atoms with Crippen molar-refractivity contribution in [1.82, 2.24) is 10.6 Å². The van der Waals surface area contributed by atoms with Gasteiger partial charge in [-0.15, -0.1) is 0 Å². The Hall–Kier alpha value is -2.65. The molecule has 3 atom stereocenters. The first-order valence-electron chi connectivity index (χ1n) is 9.27. The highest BCUT2D eigenvalue weighted by Gasteiger charge is 2.34. The molecular formula is C23H24N2O. The molecule has 1 aliphatic heterocycles. The molecular weight excluding hydrogens is 320 g/mol. The van der Waals surface area contributed by atoms with E-state index < -0.39 is 0 Å². The molecule has 3 heteroatoms. The number of carbonyl (C=O) groups is 1. The van der Waals surface area contributed by atoms with Gasteiger partial charge in [0.05, 0.1) is 12.0 Å². The predicted molar refractivity (Wildman–Crippen MR) is 106 cm³/mol. The van der Waals surface area contributed by atoms with Gasteiger partial charge in [-0.25, -0.2) is 0 Å². The maximum absolute atomic E-state index is 12.9. The van der Waals surface area contributed by atoms with E-state index in [9.17, 15) is 4.79 Å². The predicted octanol–water partition coefficient (Wildman–Crippen LogP) is 4.02. The van der Waals surface area contributed by atoms with E-state index in [1.807, 2.05) is 25.1 Å². The summed E-state index contributed by atoms with van der Waals surface area (Å²) in [5.74, 6) is 0.300. The van der Waals surface area contributed by atoms with Gasteiger partial charge in [0.25, 0.3) is 0 Å². The van der Waals surface area contributed by atoms with E-state index in [-0.39, 0.29) is 23.8 Å². The molecule has 1 fully saturated rings. The molecule has 1 aliphatic rings. The van der Waals surface area contributed by atoms with Crippen LogP contribution in [-0.2, 0) is 4.79 Å². The monoisotopic (exact) mass is 344 g/mol. The molecule has 0 unspecified atom stereocenters. The molecule has 26 heavy (non-hydrogen) atoms. The Morgan fingerprint density at radius 2 is 1.69 bits per heavy atom. The van der Waals surface area contributed by atoms with Crippen LogP contribution in [-0.4, -0.2) is 19.0 Å². The van der Waals surface area contributed by atoms with Gasteiger partial charge in [-0.3, -0.25) is 4.79 Å². The Morgan fingerprint density at radius 1 is 0.962 bits per heavy atom. The van der Waals surface area contributed by atoms with E-state index in [0.717, 1.165) is 18.7 Å². The molecule has 132 valence electrons. The minimum atomic E-state index is -0.0395. The lowest BCUT2D eigenvalue weighted by molar-refractivity contribution is -0.125. The van der Waals surface area contributed by atoms with Crippen LogP contribution in [0.5, 0.6) is 0 Å². The lowest BCUT2D eigenvalue weighted by Crippen LogP contribution is -2.36. The van der Waals surface area contributed by atoms with Crippen LogP contribution in [0.25, 0.3) is 10.8 Å². The molecule has 3 nitrogen and oxygen atoms in total. The van der Waals surface area contributed by atoms with Gasteiger partial charge in [-0.05, 0) is 28.8 Å². The Morgan fingerprint density at radius 3 is 2.50 bits per heavy atom. The highest BCUT2D eigenvalue weighted by atomic mass is 16.2. The summed E-state index contributed by atoms with van der Waals surface area (Å²) in [6, 6.07) is 25.1. The third kappa shape index (κ3) is 3.35. The van der Waals surface area contributed by atoms with Crippen LogP contribution in [0.3, 0.4) is 0 Å². The molecule has 0 aromatic heterocycles. The molecule has 2 N–H and O–H groups in total. The van der Waals surface area contributed by atoms with Crippen LogP contribution in [0.15, 0.2) is 72.8 Å². The first-order chi connectivity index (χ1) is 12.7. The largest absolute Gasteiger partial charge is 0.349 e. The van der Waals surface area contributed by atoms with Gasteiger partial charge in [-0.2, -0.15) is 0 Å². The van der Waals surface area contributed by atoms with Gasteiger partial charge in [0.2, 0.25) is 5.91 Å². The van der Waals surface area contributed by atoms with E-state index in [2.05, 4.69) is 65.2 Å². The molecule has 3 aromatic carbocycles. The fourth-order valence-corrected chi connectivity index (χ4v) is 3.89. The van der Waals surface area contributed by atoms with Crippen LogP contribution in [0, 0.1) is 5.92 Å². The fourth-order valence-electron chi connectivity index (χ4n) is 3.89. The fraction of sp³-hybridized carbons (Fsp3) is 0.261. The Balaban J connectivity index is 1.52. The minimum Gasteiger partial charge on any atom is -0.349 e. The van der Waals surface area contributed by atoms with Crippen molar-refractivity contribution in [3.63, 3.8) is 0 Å². The highest BCUT2D eigenvalue weighted by molar-refractivity contribution is 5.84. The average Bonchev–Trinajstić information content (AvgIpc) is 3.18. The van der Waals surface area contributed by atoms with Gasteiger partial charge in [0.15, 0.2) is 0 Å². The van der Waals surface area contributed by atoms with E-state index in [1.54, 1.807) is 0 Å². The molecule has 0 saturated carbocycles. The van der Waals surface area contributed by atoms with Crippen molar-refractivity contribution in [2.45, 2.75) is 18.9 Å². The number of fused-ring (bicyclic) bond motifs is 1. The van der Waals surface area contributed by atoms with Crippen molar-refractivity contribution in [3.05, 3.63) is 83.9 Å². The van der Waals surface area contributed by atoms with Gasteiger partial charge < -0.3 is 10.6 Å². The molecule has 1 amide bonds. The second-order valence-electron chi connectivity index (χ2n) is 7.12. The lowest BCUT2D eigenvalue weighted by Gasteiger charge is -2.22. The number of carbonyl (C=O) groups excluding carboxylic acids is 1. The molecule has 3 aromatic rings. The van der Waals surface area contributed by atoms with Crippen LogP contribution in [0.4, 0.5) is 0 Å². The molecule has 0 spiro atoms. The lowest BCUT2D eigenvalue weighted by atomic mass is 9.87. The van der Waals surface area contributed by atoms with Gasteiger partial charge >= 0.3 is 0 Å². The quantitative estimate of drug-likeness (QED) is 0.750. The third-order valence-electron chi connectivity index (χ3n) is 5.41. The maximum Gasteiger partial charge on any atom is 0.225 e. The van der Waals surface area contributed by atoms with Gasteiger partial charge in [-0.1, -0.05) is 72.8 Å². The van der Waals surface area contributed by atoms with Crippen LogP contribution < -0.4 is 10.6 Å². The van der Waals surface area contributed by atoms with Crippen LogP contribution in [0.1, 0.15) is 30.0 Å². The second-order valence-corrected chi connectivity index (χ2v) is 7.12. The molecule has 1 saturated heterocycles. The number of benzene rings is 3. The summed E-state index contributed by atoms with van der Waals surface area (Å²) in [6.45, 7) is 3.61. The zero-order chi connectivity index (χ0) is 17.9. The maximum atomic E-state index is 12.9. The summed E-state index contributed by atoms with van der Waals surface area (Å²) in [5, 5.41) is 9.07. The summed E-state index contributed by atoms with van der Waals surface area (Å²) < 4.78 is 0. The third-order valence-corrected chi connectivity index (χ3v) is 5.41. The summed E-state index contributed by atoms with van der Waals surface area (Å²) >= 11 is 0. The van der Waals surface area contributed by atoms with E-state index >= 15 is 0 Å². The molecule has 1 heterocycles. The van der Waals surface area contributed by atoms with Crippen molar-refractivity contribution in [2.75, 3.05) is 13.1 Å². The van der Waals surface area contributed by atoms with Crippen molar-refractivity contribution in [3.8, 4) is 0 Å². The number of amides is 1. The first kappa shape index (κ1) is 16.8. The summed E-state index contributed by atoms with van der Waals surface area (Å²) in [7, 11) is 0. The number of rotatable bonds is 4. The Kier molecular flexibility index (Phi) is 4.72. The van der Waals surface area contributed by atoms with E-state index in [4.69, 9.17) is 0 Å². The Labute approximate surface area is 154 Å². The molecule has 4 rings (SSSR count). The SMILES string of the molecule is C[C@H](NC(=O)[C@@H]1CNC[C@H]1c1ccc2ccccc2c1)c1ccccc1. The number of nitrogens with one attached hydrogen (secondary N) is 2. The van der Waals surface area contributed by atoms with Crippen molar-refractivity contribution in [1.29, 1.82) is 0 Å². The van der Waals surface area contributed by atoms with Crippen molar-refractivity contribution in [2.24, 2.45) is 5.92 Å². The normalized spacial score (nSPS) is 20.8. The smallest absolute Gasteiger partial charge is 0.225 e. The minimum absolute atomic E-state index is 0.0153. The number of hydrogen-bond donors (Lipinski definition) is 2. The van der Waals surface area contributed by atoms with Crippen LogP contribution >= 0.6 is 0 Å². The first-order valence-corrected chi connectivity index (χ1v) is 9.27. The highest BCUT2D eigenvalue weighted by Crippen LogP contribution is 2.31. The zero-order valence-corrected chi connectivity index (χ0v) is 15.0. The number of hydrogen-bond acceptors (Lipinski definition) is 2. The molecule has 0 bridgehead atoms. The molecule has 0 aliphatic carbocycles. The second kappa shape index (κ2) is 7.30. The topological polar surface area (TPSA) is 41.1 Å². The van der Waals surface area contributed by atoms with Crippen molar-refractivity contribution >= 4 is 16.7 Å². The average molecular weight is 344 g/mol.